The molecule has 0 radical (unpaired) electrons. The average Bonchev–Trinajstić information content (AvgIpc) is 2.34. The van der Waals surface area contributed by atoms with Crippen LogP contribution in [0.15, 0.2) is 35.1 Å². The monoisotopic (exact) mass is 316 g/mol. The molecule has 18 heavy (non-hydrogen) atoms. The number of hydrogen-bond acceptors (Lipinski definition) is 2. The van der Waals surface area contributed by atoms with Gasteiger partial charge in [0.05, 0.1) is 16.7 Å². The van der Waals surface area contributed by atoms with Gasteiger partial charge in [0.15, 0.2) is 0 Å². The van der Waals surface area contributed by atoms with Crippen LogP contribution in [0.1, 0.15) is 17.2 Å². The smallest absolute Gasteiger partial charge is 0.145 e. The summed E-state index contributed by atoms with van der Waals surface area (Å²) in [6.45, 7) is 0. The summed E-state index contributed by atoms with van der Waals surface area (Å²) >= 11 is 2.95. The molecular weight excluding hydrogens is 309 g/mol. The van der Waals surface area contributed by atoms with Crippen molar-refractivity contribution >= 4 is 15.9 Å². The van der Waals surface area contributed by atoms with Crippen LogP contribution in [0.4, 0.5) is 13.2 Å². The summed E-state index contributed by atoms with van der Waals surface area (Å²) in [6.07, 6.45) is 2.26. The highest BCUT2D eigenvalue weighted by atomic mass is 79.9. The minimum Gasteiger partial charge on any atom is -0.320 e. The van der Waals surface area contributed by atoms with E-state index in [1.807, 2.05) is 0 Å². The summed E-state index contributed by atoms with van der Waals surface area (Å²) < 4.78 is 40.5. The lowest BCUT2D eigenvalue weighted by Crippen LogP contribution is -2.16. The third-order valence-electron chi connectivity index (χ3n) is 2.48. The maximum atomic E-state index is 13.8. The highest BCUT2D eigenvalue weighted by molar-refractivity contribution is 9.10. The number of halogens is 4. The number of aromatic nitrogens is 1. The molecule has 0 amide bonds. The lowest BCUT2D eigenvalue weighted by atomic mass is 10.00. The number of rotatable bonds is 2. The van der Waals surface area contributed by atoms with Crippen LogP contribution >= 0.6 is 15.9 Å². The fraction of sp³-hybridized carbons (Fsp3) is 0.0833. The summed E-state index contributed by atoms with van der Waals surface area (Å²) in [7, 11) is 0. The molecule has 0 fully saturated rings. The normalized spacial score (nSPS) is 12.5. The first-order valence-corrected chi connectivity index (χ1v) is 5.79. The molecule has 0 aliphatic carbocycles. The molecule has 1 aromatic heterocycles. The predicted molar refractivity (Wildman–Crippen MR) is 64.3 cm³/mol. The van der Waals surface area contributed by atoms with Crippen LogP contribution in [0.2, 0.25) is 0 Å². The molecule has 0 saturated carbocycles. The molecule has 94 valence electrons. The molecule has 2 nitrogen and oxygen atoms in total. The number of pyridine rings is 1. The molecule has 0 bridgehead atoms. The number of benzene rings is 1. The van der Waals surface area contributed by atoms with Crippen molar-refractivity contribution in [2.75, 3.05) is 0 Å². The first-order chi connectivity index (χ1) is 8.50. The summed E-state index contributed by atoms with van der Waals surface area (Å²) in [5.74, 6) is -2.20. The van der Waals surface area contributed by atoms with Gasteiger partial charge in [-0.1, -0.05) is 0 Å². The Labute approximate surface area is 110 Å². The summed E-state index contributed by atoms with van der Waals surface area (Å²) in [5.41, 5.74) is 5.63. The number of nitrogens with two attached hydrogens (primary N) is 1. The van der Waals surface area contributed by atoms with E-state index in [0.29, 0.717) is 0 Å². The van der Waals surface area contributed by atoms with Crippen LogP contribution < -0.4 is 5.73 Å². The van der Waals surface area contributed by atoms with Crippen LogP contribution in [0.5, 0.6) is 0 Å². The maximum absolute atomic E-state index is 13.8. The first kappa shape index (κ1) is 13.0. The van der Waals surface area contributed by atoms with Gasteiger partial charge in [0.25, 0.3) is 0 Å². The van der Waals surface area contributed by atoms with Gasteiger partial charge in [-0.25, -0.2) is 13.2 Å². The van der Waals surface area contributed by atoms with Crippen LogP contribution in [0, 0.1) is 17.5 Å². The zero-order chi connectivity index (χ0) is 13.3. The van der Waals surface area contributed by atoms with Crippen LogP contribution in [-0.2, 0) is 0 Å². The summed E-state index contributed by atoms with van der Waals surface area (Å²) in [6, 6.07) is 2.31. The van der Waals surface area contributed by atoms with E-state index in [4.69, 9.17) is 5.73 Å². The van der Waals surface area contributed by atoms with Gasteiger partial charge in [-0.05, 0) is 39.7 Å². The van der Waals surface area contributed by atoms with Gasteiger partial charge >= 0.3 is 0 Å². The second-order valence-electron chi connectivity index (χ2n) is 3.67. The molecule has 0 saturated heterocycles. The van der Waals surface area contributed by atoms with Crippen molar-refractivity contribution in [3.63, 3.8) is 0 Å². The molecule has 1 heterocycles. The molecule has 1 unspecified atom stereocenters. The molecule has 6 heteroatoms. The molecule has 0 spiro atoms. The van der Waals surface area contributed by atoms with E-state index in [-0.39, 0.29) is 15.6 Å². The minimum absolute atomic E-state index is 0.0960. The van der Waals surface area contributed by atoms with Crippen LogP contribution in [0.3, 0.4) is 0 Å². The van der Waals surface area contributed by atoms with Gasteiger partial charge in [-0.3, -0.25) is 4.98 Å². The standard InChI is InChI=1S/C12H8BrF3N2/c13-8-1-2-9(15)10(11(8)16)12(17)6-3-7(14)5-18-4-6/h1-5,12H,17H2. The van der Waals surface area contributed by atoms with Crippen molar-refractivity contribution in [2.24, 2.45) is 5.73 Å². The Bertz CT molecular complexity index is 590. The molecule has 0 aliphatic rings. The Hall–Kier alpha value is -1.40. The quantitative estimate of drug-likeness (QED) is 0.863. The predicted octanol–water partition coefficient (Wildman–Crippen LogP) is 3.31. The van der Waals surface area contributed by atoms with Gasteiger partial charge in [-0.15, -0.1) is 0 Å². The Kier molecular flexibility index (Phi) is 3.68. The number of nitrogens with zero attached hydrogens (tertiary/aromatic N) is 1. The Morgan fingerprint density at radius 2 is 1.89 bits per heavy atom. The molecule has 2 N–H and O–H groups in total. The lowest BCUT2D eigenvalue weighted by Gasteiger charge is -2.14. The first-order valence-electron chi connectivity index (χ1n) is 5.00. The second kappa shape index (κ2) is 5.07. The molecule has 1 atom stereocenters. The topological polar surface area (TPSA) is 38.9 Å². The molecule has 0 aliphatic heterocycles. The van der Waals surface area contributed by atoms with Gasteiger partial charge in [0.2, 0.25) is 0 Å². The third kappa shape index (κ3) is 2.39. The minimum atomic E-state index is -1.12. The Morgan fingerprint density at radius 1 is 1.17 bits per heavy atom. The average molecular weight is 317 g/mol. The zero-order valence-electron chi connectivity index (χ0n) is 9.00. The van der Waals surface area contributed by atoms with Crippen molar-refractivity contribution in [1.82, 2.24) is 4.98 Å². The van der Waals surface area contributed by atoms with Crippen LogP contribution in [0.25, 0.3) is 0 Å². The maximum Gasteiger partial charge on any atom is 0.145 e. The van der Waals surface area contributed by atoms with Crippen molar-refractivity contribution in [3.05, 3.63) is 63.6 Å². The van der Waals surface area contributed by atoms with Crippen LogP contribution in [-0.4, -0.2) is 4.98 Å². The lowest BCUT2D eigenvalue weighted by molar-refractivity contribution is 0.537. The van der Waals surface area contributed by atoms with Crippen molar-refractivity contribution in [1.29, 1.82) is 0 Å². The number of hydrogen-bond donors (Lipinski definition) is 1. The zero-order valence-corrected chi connectivity index (χ0v) is 10.6. The molecule has 2 aromatic rings. The summed E-state index contributed by atoms with van der Waals surface area (Å²) in [4.78, 5) is 3.60. The Morgan fingerprint density at radius 3 is 2.56 bits per heavy atom. The van der Waals surface area contributed by atoms with E-state index in [0.717, 1.165) is 18.3 Å². The fourth-order valence-electron chi connectivity index (χ4n) is 1.59. The van der Waals surface area contributed by atoms with E-state index in [1.54, 1.807) is 0 Å². The van der Waals surface area contributed by atoms with Crippen molar-refractivity contribution in [3.8, 4) is 0 Å². The largest absolute Gasteiger partial charge is 0.320 e. The van der Waals surface area contributed by atoms with Crippen molar-refractivity contribution < 1.29 is 13.2 Å². The van der Waals surface area contributed by atoms with E-state index >= 15 is 0 Å². The van der Waals surface area contributed by atoms with E-state index in [1.165, 1.54) is 12.3 Å². The van der Waals surface area contributed by atoms with E-state index in [2.05, 4.69) is 20.9 Å². The SMILES string of the molecule is NC(c1cncc(F)c1)c1c(F)ccc(Br)c1F. The highest BCUT2D eigenvalue weighted by Crippen LogP contribution is 2.29. The van der Waals surface area contributed by atoms with Gasteiger partial charge in [-0.2, -0.15) is 0 Å². The van der Waals surface area contributed by atoms with Crippen molar-refractivity contribution in [2.45, 2.75) is 6.04 Å². The summed E-state index contributed by atoms with van der Waals surface area (Å²) in [5, 5.41) is 0. The van der Waals surface area contributed by atoms with Gasteiger partial charge in [0, 0.05) is 11.8 Å². The molecule has 2 rings (SSSR count). The second-order valence-corrected chi connectivity index (χ2v) is 4.53. The fourth-order valence-corrected chi connectivity index (χ4v) is 1.94. The van der Waals surface area contributed by atoms with Gasteiger partial charge in [0.1, 0.15) is 17.5 Å². The highest BCUT2D eigenvalue weighted by Gasteiger charge is 2.21. The van der Waals surface area contributed by atoms with E-state index in [9.17, 15) is 13.2 Å². The molecular formula is C12H8BrF3N2. The Balaban J connectivity index is 2.52. The molecule has 1 aromatic carbocycles. The third-order valence-corrected chi connectivity index (χ3v) is 3.09. The van der Waals surface area contributed by atoms with E-state index < -0.39 is 23.5 Å². The van der Waals surface area contributed by atoms with Gasteiger partial charge < -0.3 is 5.73 Å².